The van der Waals surface area contributed by atoms with Crippen molar-refractivity contribution in [3.8, 4) is 6.07 Å². The van der Waals surface area contributed by atoms with E-state index in [1.165, 1.54) is 12.8 Å². The molecule has 4 nitrogen and oxygen atoms in total. The van der Waals surface area contributed by atoms with Gasteiger partial charge in [-0.15, -0.1) is 0 Å². The first-order chi connectivity index (χ1) is 9.60. The van der Waals surface area contributed by atoms with E-state index in [0.717, 1.165) is 44.9 Å². The number of nitrogens with zero attached hydrogens (tertiary/aromatic N) is 1. The molecule has 0 heterocycles. The van der Waals surface area contributed by atoms with Gasteiger partial charge in [-0.05, 0) is 25.7 Å². The molecule has 2 rings (SSSR count). The highest BCUT2D eigenvalue weighted by atomic mass is 16.3. The normalized spacial score (nSPS) is 25.2. The van der Waals surface area contributed by atoms with Gasteiger partial charge in [0, 0.05) is 6.54 Å². The number of nitrogens with one attached hydrogen (secondary N) is 1. The minimum absolute atomic E-state index is 0.169. The third kappa shape index (κ3) is 3.52. The largest absolute Gasteiger partial charge is 0.388 e. The van der Waals surface area contributed by atoms with Crippen molar-refractivity contribution in [2.75, 3.05) is 6.54 Å². The maximum Gasteiger partial charge on any atom is 0.240 e. The van der Waals surface area contributed by atoms with E-state index in [2.05, 4.69) is 11.4 Å². The summed E-state index contributed by atoms with van der Waals surface area (Å²) in [5.74, 6) is -0.169. The fourth-order valence-electron chi connectivity index (χ4n) is 3.52. The second-order valence-electron chi connectivity index (χ2n) is 6.58. The molecule has 2 saturated carbocycles. The Morgan fingerprint density at radius 1 is 1.00 bits per heavy atom. The van der Waals surface area contributed by atoms with Crippen LogP contribution in [0.5, 0.6) is 0 Å². The maximum absolute atomic E-state index is 12.4. The summed E-state index contributed by atoms with van der Waals surface area (Å²) in [6.45, 7) is 0.301. The molecule has 0 saturated heterocycles. The SMILES string of the molecule is N#CC1(C(=O)NCC2(O)CCCCCC2)CCCCC1. The number of carbonyl (C=O) groups is 1. The summed E-state index contributed by atoms with van der Waals surface area (Å²) in [6, 6.07) is 2.24. The van der Waals surface area contributed by atoms with Crippen molar-refractivity contribution < 1.29 is 9.90 Å². The third-order valence-electron chi connectivity index (χ3n) is 4.97. The van der Waals surface area contributed by atoms with Gasteiger partial charge in [0.2, 0.25) is 5.91 Å². The first-order valence-corrected chi connectivity index (χ1v) is 8.02. The molecule has 1 amide bonds. The Morgan fingerprint density at radius 3 is 2.05 bits per heavy atom. The Kier molecular flexibility index (Phi) is 5.04. The van der Waals surface area contributed by atoms with Gasteiger partial charge in [0.25, 0.3) is 0 Å². The van der Waals surface area contributed by atoms with Crippen LogP contribution in [0.1, 0.15) is 70.6 Å². The monoisotopic (exact) mass is 278 g/mol. The molecule has 20 heavy (non-hydrogen) atoms. The molecule has 0 atom stereocenters. The van der Waals surface area contributed by atoms with Crippen LogP contribution in [0, 0.1) is 16.7 Å². The highest BCUT2D eigenvalue weighted by Gasteiger charge is 2.40. The summed E-state index contributed by atoms with van der Waals surface area (Å²) in [4.78, 5) is 12.4. The molecule has 0 aromatic heterocycles. The van der Waals surface area contributed by atoms with Crippen molar-refractivity contribution in [2.45, 2.75) is 76.2 Å². The Morgan fingerprint density at radius 2 is 1.50 bits per heavy atom. The van der Waals surface area contributed by atoms with Crippen LogP contribution in [0.4, 0.5) is 0 Å². The Hall–Kier alpha value is -1.08. The molecule has 0 aromatic rings. The van der Waals surface area contributed by atoms with Gasteiger partial charge in [-0.3, -0.25) is 4.79 Å². The van der Waals surface area contributed by atoms with Crippen LogP contribution in [-0.2, 0) is 4.79 Å². The Bertz CT molecular complexity index is 372. The molecule has 4 heteroatoms. The van der Waals surface area contributed by atoms with Gasteiger partial charge in [-0.2, -0.15) is 5.26 Å². The fourth-order valence-corrected chi connectivity index (χ4v) is 3.52. The topological polar surface area (TPSA) is 73.1 Å². The van der Waals surface area contributed by atoms with Crippen LogP contribution in [0.15, 0.2) is 0 Å². The van der Waals surface area contributed by atoms with E-state index >= 15 is 0 Å². The van der Waals surface area contributed by atoms with Crippen molar-refractivity contribution in [3.63, 3.8) is 0 Å². The molecule has 2 fully saturated rings. The van der Waals surface area contributed by atoms with Crippen molar-refractivity contribution in [3.05, 3.63) is 0 Å². The van der Waals surface area contributed by atoms with Crippen LogP contribution in [0.3, 0.4) is 0 Å². The quantitative estimate of drug-likeness (QED) is 0.779. The zero-order chi connectivity index (χ0) is 14.5. The highest BCUT2D eigenvalue weighted by Crippen LogP contribution is 2.36. The first-order valence-electron chi connectivity index (χ1n) is 8.02. The third-order valence-corrected chi connectivity index (χ3v) is 4.97. The Balaban J connectivity index is 1.92. The van der Waals surface area contributed by atoms with Crippen molar-refractivity contribution >= 4 is 5.91 Å². The van der Waals surface area contributed by atoms with Gasteiger partial charge in [0.1, 0.15) is 5.41 Å². The van der Waals surface area contributed by atoms with Crippen molar-refractivity contribution in [2.24, 2.45) is 5.41 Å². The molecule has 0 radical (unpaired) electrons. The van der Waals surface area contributed by atoms with Crippen molar-refractivity contribution in [1.82, 2.24) is 5.32 Å². The summed E-state index contributed by atoms with van der Waals surface area (Å²) >= 11 is 0. The van der Waals surface area contributed by atoms with E-state index in [1.807, 2.05) is 0 Å². The lowest BCUT2D eigenvalue weighted by atomic mass is 9.74. The average Bonchev–Trinajstić information content (AvgIpc) is 2.71. The second kappa shape index (κ2) is 6.58. The molecular formula is C16H26N2O2. The molecule has 0 aromatic carbocycles. The van der Waals surface area contributed by atoms with Crippen LogP contribution in [-0.4, -0.2) is 23.2 Å². The molecule has 0 spiro atoms. The standard InChI is InChI=1S/C16H26N2O2/c17-12-15(8-4-3-5-9-15)14(19)18-13-16(20)10-6-1-2-7-11-16/h20H,1-11,13H2,(H,18,19). The maximum atomic E-state index is 12.4. The summed E-state index contributed by atoms with van der Waals surface area (Å²) in [5, 5.41) is 22.8. The predicted molar refractivity (Wildman–Crippen MR) is 76.8 cm³/mol. The first kappa shape index (κ1) is 15.3. The fraction of sp³-hybridized carbons (Fsp3) is 0.875. The number of hydrogen-bond donors (Lipinski definition) is 2. The highest BCUT2D eigenvalue weighted by molar-refractivity contribution is 5.85. The molecular weight excluding hydrogens is 252 g/mol. The van der Waals surface area contributed by atoms with E-state index in [-0.39, 0.29) is 5.91 Å². The van der Waals surface area contributed by atoms with E-state index < -0.39 is 11.0 Å². The lowest BCUT2D eigenvalue weighted by Gasteiger charge is -2.32. The Labute approximate surface area is 121 Å². The van der Waals surface area contributed by atoms with Gasteiger partial charge in [0.05, 0.1) is 11.7 Å². The van der Waals surface area contributed by atoms with E-state index in [4.69, 9.17) is 0 Å². The zero-order valence-corrected chi connectivity index (χ0v) is 12.3. The van der Waals surface area contributed by atoms with Gasteiger partial charge in [0.15, 0.2) is 0 Å². The van der Waals surface area contributed by atoms with E-state index in [0.29, 0.717) is 19.4 Å². The van der Waals surface area contributed by atoms with Gasteiger partial charge in [-0.25, -0.2) is 0 Å². The van der Waals surface area contributed by atoms with Gasteiger partial charge >= 0.3 is 0 Å². The summed E-state index contributed by atoms with van der Waals surface area (Å²) < 4.78 is 0. The number of amides is 1. The minimum atomic E-state index is -0.848. The number of hydrogen-bond acceptors (Lipinski definition) is 3. The molecule has 2 N–H and O–H groups in total. The lowest BCUT2D eigenvalue weighted by Crippen LogP contribution is -2.48. The second-order valence-corrected chi connectivity index (χ2v) is 6.58. The summed E-state index contributed by atoms with van der Waals surface area (Å²) in [5.41, 5.74) is -1.61. The molecule has 0 aliphatic heterocycles. The van der Waals surface area contributed by atoms with Gasteiger partial charge in [-0.1, -0.05) is 44.9 Å². The van der Waals surface area contributed by atoms with Gasteiger partial charge < -0.3 is 10.4 Å². The summed E-state index contributed by atoms with van der Waals surface area (Å²) in [6.07, 6.45) is 10.2. The number of carbonyl (C=O) groups excluding carboxylic acids is 1. The molecule has 112 valence electrons. The molecule has 0 bridgehead atoms. The molecule has 0 unspecified atom stereocenters. The zero-order valence-electron chi connectivity index (χ0n) is 12.3. The molecule has 2 aliphatic rings. The predicted octanol–water partition coefficient (Wildman–Crippen LogP) is 2.66. The van der Waals surface area contributed by atoms with E-state index in [1.54, 1.807) is 0 Å². The van der Waals surface area contributed by atoms with Crippen LogP contribution in [0.25, 0.3) is 0 Å². The number of aliphatic hydroxyl groups is 1. The van der Waals surface area contributed by atoms with Crippen LogP contribution in [0.2, 0.25) is 0 Å². The smallest absolute Gasteiger partial charge is 0.240 e. The minimum Gasteiger partial charge on any atom is -0.388 e. The van der Waals surface area contributed by atoms with Crippen molar-refractivity contribution in [1.29, 1.82) is 5.26 Å². The van der Waals surface area contributed by atoms with Crippen LogP contribution < -0.4 is 5.32 Å². The lowest BCUT2D eigenvalue weighted by molar-refractivity contribution is -0.131. The number of nitriles is 1. The van der Waals surface area contributed by atoms with Crippen LogP contribution >= 0.6 is 0 Å². The number of rotatable bonds is 3. The van der Waals surface area contributed by atoms with E-state index in [9.17, 15) is 15.2 Å². The average molecular weight is 278 g/mol. The summed E-state index contributed by atoms with van der Waals surface area (Å²) in [7, 11) is 0. The molecule has 2 aliphatic carbocycles.